The maximum Gasteiger partial charge on any atom is 0.149 e. The largest absolute Gasteiger partial charge is 0.370 e. The number of rotatable bonds is 5. The molecule has 0 unspecified atom stereocenters. The van der Waals surface area contributed by atoms with Gasteiger partial charge in [-0.25, -0.2) is 15.0 Å². The summed E-state index contributed by atoms with van der Waals surface area (Å²) in [6, 6.07) is 0. The number of anilines is 2. The molecule has 0 saturated carbocycles. The molecule has 0 radical (unpaired) electrons. The van der Waals surface area contributed by atoms with Gasteiger partial charge in [0.25, 0.3) is 0 Å². The molecule has 2 N–H and O–H groups in total. The van der Waals surface area contributed by atoms with Crippen LogP contribution in [0.25, 0.3) is 0 Å². The van der Waals surface area contributed by atoms with E-state index in [1.165, 1.54) is 0 Å². The Bertz CT molecular complexity index is 421. The number of aromatic nitrogens is 2. The summed E-state index contributed by atoms with van der Waals surface area (Å²) in [6.45, 7) is 11.5. The summed E-state index contributed by atoms with van der Waals surface area (Å²) in [5.74, 6) is 2.63. The van der Waals surface area contributed by atoms with E-state index < -0.39 is 0 Å². The molecule has 1 heterocycles. The number of hydrogen-bond donors (Lipinski definition) is 2. The minimum atomic E-state index is -0.0703. The van der Waals surface area contributed by atoms with Crippen LogP contribution in [-0.4, -0.2) is 35.6 Å². The van der Waals surface area contributed by atoms with E-state index in [9.17, 15) is 0 Å². The van der Waals surface area contributed by atoms with Crippen LogP contribution in [0.1, 0.15) is 45.5 Å². The van der Waals surface area contributed by atoms with E-state index in [2.05, 4.69) is 48.4 Å². The first-order chi connectivity index (χ1) is 8.75. The monoisotopic (exact) mass is 265 g/mol. The molecule has 1 rings (SSSR count). The van der Waals surface area contributed by atoms with Gasteiger partial charge in [0.15, 0.2) is 0 Å². The van der Waals surface area contributed by atoms with Gasteiger partial charge in [-0.1, -0.05) is 27.7 Å². The smallest absolute Gasteiger partial charge is 0.149 e. The quantitative estimate of drug-likeness (QED) is 0.802. The van der Waals surface area contributed by atoms with E-state index in [4.69, 9.17) is 0 Å². The van der Waals surface area contributed by atoms with Gasteiger partial charge in [0, 0.05) is 31.6 Å². The van der Waals surface area contributed by atoms with Gasteiger partial charge in [0.2, 0.25) is 0 Å². The molecule has 1 aromatic rings. The Morgan fingerprint density at radius 1 is 1.11 bits per heavy atom. The van der Waals surface area contributed by atoms with Crippen LogP contribution in [0.2, 0.25) is 0 Å². The Labute approximate surface area is 116 Å². The SMILES string of the molecule is CCCNc1nc(C(C)(C)C)nc(NN(C)C)c1C. The highest BCUT2D eigenvalue weighted by atomic mass is 15.5. The highest BCUT2D eigenvalue weighted by molar-refractivity contribution is 5.57. The lowest BCUT2D eigenvalue weighted by atomic mass is 9.95. The molecule has 0 aliphatic rings. The second kappa shape index (κ2) is 6.19. The van der Waals surface area contributed by atoms with E-state index in [0.29, 0.717) is 0 Å². The fourth-order valence-electron chi connectivity index (χ4n) is 1.59. The van der Waals surface area contributed by atoms with Gasteiger partial charge in [-0.15, -0.1) is 0 Å². The molecule has 1 aromatic heterocycles. The Balaban J connectivity index is 3.21. The van der Waals surface area contributed by atoms with Crippen LogP contribution in [0, 0.1) is 6.92 Å². The lowest BCUT2D eigenvalue weighted by Gasteiger charge is -2.22. The molecular weight excluding hydrogens is 238 g/mol. The Hall–Kier alpha value is -1.36. The predicted molar refractivity (Wildman–Crippen MR) is 81.6 cm³/mol. The normalized spacial score (nSPS) is 11.8. The van der Waals surface area contributed by atoms with Crippen molar-refractivity contribution in [1.29, 1.82) is 0 Å². The van der Waals surface area contributed by atoms with Gasteiger partial charge in [-0.2, -0.15) is 0 Å². The third-order valence-corrected chi connectivity index (χ3v) is 2.69. The Kier molecular flexibility index (Phi) is 5.11. The second-order valence-corrected chi connectivity index (χ2v) is 6.05. The van der Waals surface area contributed by atoms with Gasteiger partial charge in [-0.05, 0) is 13.3 Å². The molecule has 0 fully saturated rings. The molecule has 0 aliphatic heterocycles. The molecule has 0 bridgehead atoms. The summed E-state index contributed by atoms with van der Waals surface area (Å²) in [5, 5.41) is 5.27. The molecule has 0 saturated heterocycles. The van der Waals surface area contributed by atoms with E-state index in [0.717, 1.165) is 36.0 Å². The first-order valence-electron chi connectivity index (χ1n) is 6.82. The minimum absolute atomic E-state index is 0.0703. The van der Waals surface area contributed by atoms with Crippen molar-refractivity contribution < 1.29 is 0 Å². The second-order valence-electron chi connectivity index (χ2n) is 6.05. The fourth-order valence-corrected chi connectivity index (χ4v) is 1.59. The van der Waals surface area contributed by atoms with Gasteiger partial charge >= 0.3 is 0 Å². The third kappa shape index (κ3) is 4.35. The molecule has 0 amide bonds. The molecular formula is C14H27N5. The number of nitrogens with zero attached hydrogens (tertiary/aromatic N) is 3. The summed E-state index contributed by atoms with van der Waals surface area (Å²) in [4.78, 5) is 9.32. The summed E-state index contributed by atoms with van der Waals surface area (Å²) in [7, 11) is 3.91. The average Bonchev–Trinajstić information content (AvgIpc) is 2.28. The third-order valence-electron chi connectivity index (χ3n) is 2.69. The van der Waals surface area contributed by atoms with Crippen LogP contribution in [0.15, 0.2) is 0 Å². The molecule has 19 heavy (non-hydrogen) atoms. The number of nitrogens with one attached hydrogen (secondary N) is 2. The topological polar surface area (TPSA) is 53.1 Å². The Morgan fingerprint density at radius 3 is 2.16 bits per heavy atom. The molecule has 5 nitrogen and oxygen atoms in total. The van der Waals surface area contributed by atoms with Crippen LogP contribution >= 0.6 is 0 Å². The maximum absolute atomic E-state index is 4.67. The zero-order chi connectivity index (χ0) is 14.6. The van der Waals surface area contributed by atoms with Crippen molar-refractivity contribution in [2.75, 3.05) is 31.4 Å². The van der Waals surface area contributed by atoms with Crippen molar-refractivity contribution >= 4 is 11.6 Å². The average molecular weight is 265 g/mol. The highest BCUT2D eigenvalue weighted by Gasteiger charge is 2.21. The van der Waals surface area contributed by atoms with Crippen molar-refractivity contribution in [2.24, 2.45) is 0 Å². The van der Waals surface area contributed by atoms with Crippen LogP contribution in [-0.2, 0) is 5.41 Å². The van der Waals surface area contributed by atoms with E-state index >= 15 is 0 Å². The molecule has 0 aliphatic carbocycles. The van der Waals surface area contributed by atoms with E-state index in [1.807, 2.05) is 26.0 Å². The van der Waals surface area contributed by atoms with Crippen molar-refractivity contribution in [2.45, 2.75) is 46.5 Å². The zero-order valence-corrected chi connectivity index (χ0v) is 13.3. The molecule has 0 spiro atoms. The summed E-state index contributed by atoms with van der Waals surface area (Å²) >= 11 is 0. The Morgan fingerprint density at radius 2 is 1.68 bits per heavy atom. The highest BCUT2D eigenvalue weighted by Crippen LogP contribution is 2.26. The van der Waals surface area contributed by atoms with Gasteiger partial charge < -0.3 is 10.7 Å². The van der Waals surface area contributed by atoms with E-state index in [-0.39, 0.29) is 5.41 Å². The molecule has 5 heteroatoms. The summed E-state index contributed by atoms with van der Waals surface area (Å²) < 4.78 is 0. The molecule has 0 atom stereocenters. The molecule has 108 valence electrons. The van der Waals surface area contributed by atoms with Crippen molar-refractivity contribution in [3.63, 3.8) is 0 Å². The summed E-state index contributed by atoms with van der Waals surface area (Å²) in [6.07, 6.45) is 1.07. The first kappa shape index (κ1) is 15.7. The van der Waals surface area contributed by atoms with Crippen LogP contribution in [0.4, 0.5) is 11.6 Å². The summed E-state index contributed by atoms with van der Waals surface area (Å²) in [5.41, 5.74) is 4.23. The standard InChI is InChI=1S/C14H27N5/c1-8-9-15-11-10(2)12(18-19(6)7)17-13(16-11)14(3,4)5/h8-9H2,1-7H3,(H2,15,16,17,18). The first-order valence-corrected chi connectivity index (χ1v) is 6.82. The van der Waals surface area contributed by atoms with Crippen LogP contribution in [0.5, 0.6) is 0 Å². The van der Waals surface area contributed by atoms with Crippen molar-refractivity contribution in [3.8, 4) is 0 Å². The van der Waals surface area contributed by atoms with Gasteiger partial charge in [0.05, 0.1) is 0 Å². The lowest BCUT2D eigenvalue weighted by molar-refractivity contribution is 0.486. The van der Waals surface area contributed by atoms with Gasteiger partial charge in [0.1, 0.15) is 17.5 Å². The van der Waals surface area contributed by atoms with Crippen molar-refractivity contribution in [3.05, 3.63) is 11.4 Å². The van der Waals surface area contributed by atoms with Crippen LogP contribution < -0.4 is 10.7 Å². The fraction of sp³-hybridized carbons (Fsp3) is 0.714. The molecule has 0 aromatic carbocycles. The maximum atomic E-state index is 4.67. The predicted octanol–water partition coefficient (Wildman–Crippen LogP) is 2.79. The number of hydrogen-bond acceptors (Lipinski definition) is 5. The van der Waals surface area contributed by atoms with E-state index in [1.54, 1.807) is 0 Å². The lowest BCUT2D eigenvalue weighted by Crippen LogP contribution is -2.25. The zero-order valence-electron chi connectivity index (χ0n) is 13.3. The van der Waals surface area contributed by atoms with Crippen molar-refractivity contribution in [1.82, 2.24) is 15.0 Å². The number of hydrazine groups is 1. The minimum Gasteiger partial charge on any atom is -0.370 e. The van der Waals surface area contributed by atoms with Crippen LogP contribution in [0.3, 0.4) is 0 Å². The van der Waals surface area contributed by atoms with Gasteiger partial charge in [-0.3, -0.25) is 0 Å².